The molecule has 0 fully saturated rings. The first-order valence-corrected chi connectivity index (χ1v) is 9.16. The SMILES string of the molecule is C=CCN1C(=O)CSc2cnn(CC(=O)Nc3ccc(F)cc3Cl)c(=O)c21. The van der Waals surface area contributed by atoms with Crippen LogP contribution in [0.15, 0.2) is 46.7 Å². The van der Waals surface area contributed by atoms with Crippen molar-refractivity contribution < 1.29 is 14.0 Å². The Morgan fingerprint density at radius 1 is 1.44 bits per heavy atom. The molecule has 27 heavy (non-hydrogen) atoms. The van der Waals surface area contributed by atoms with E-state index in [1.54, 1.807) is 0 Å². The van der Waals surface area contributed by atoms with E-state index in [9.17, 15) is 18.8 Å². The van der Waals surface area contributed by atoms with Gasteiger partial charge in [-0.15, -0.1) is 18.3 Å². The molecule has 0 atom stereocenters. The lowest BCUT2D eigenvalue weighted by molar-refractivity contribution is -0.117. The molecule has 3 rings (SSSR count). The summed E-state index contributed by atoms with van der Waals surface area (Å²) in [6.45, 7) is 3.39. The lowest BCUT2D eigenvalue weighted by atomic mass is 10.3. The topological polar surface area (TPSA) is 84.3 Å². The molecule has 1 aromatic carbocycles. The summed E-state index contributed by atoms with van der Waals surface area (Å²) in [6, 6.07) is 3.54. The van der Waals surface area contributed by atoms with Gasteiger partial charge in [-0.3, -0.25) is 14.4 Å². The number of amides is 2. The number of rotatable bonds is 5. The van der Waals surface area contributed by atoms with E-state index in [4.69, 9.17) is 11.6 Å². The van der Waals surface area contributed by atoms with Crippen LogP contribution in [0, 0.1) is 5.82 Å². The fourth-order valence-corrected chi connectivity index (χ4v) is 3.62. The standard InChI is InChI=1S/C17H14ClFN4O3S/c1-2-5-22-15(25)9-27-13-7-20-23(17(26)16(13)22)8-14(24)21-12-4-3-10(19)6-11(12)18/h2-4,6-7H,1,5,8-9H2,(H,21,24). The Bertz CT molecular complexity index is 995. The predicted molar refractivity (Wildman–Crippen MR) is 102 cm³/mol. The van der Waals surface area contributed by atoms with Crippen LogP contribution in [0.2, 0.25) is 5.02 Å². The van der Waals surface area contributed by atoms with Crippen molar-refractivity contribution in [3.63, 3.8) is 0 Å². The largest absolute Gasteiger partial charge is 0.323 e. The van der Waals surface area contributed by atoms with E-state index in [-0.39, 0.29) is 41.1 Å². The summed E-state index contributed by atoms with van der Waals surface area (Å²) in [5, 5.41) is 6.53. The molecule has 2 aromatic rings. The van der Waals surface area contributed by atoms with Crippen molar-refractivity contribution in [1.29, 1.82) is 0 Å². The second-order valence-electron chi connectivity index (χ2n) is 5.57. The molecule has 2 heterocycles. The maximum absolute atomic E-state index is 13.1. The molecule has 7 nitrogen and oxygen atoms in total. The Morgan fingerprint density at radius 3 is 2.93 bits per heavy atom. The summed E-state index contributed by atoms with van der Waals surface area (Å²) in [7, 11) is 0. The Balaban J connectivity index is 1.85. The molecule has 0 unspecified atom stereocenters. The van der Waals surface area contributed by atoms with E-state index in [0.717, 1.165) is 16.8 Å². The van der Waals surface area contributed by atoms with Crippen LogP contribution >= 0.6 is 23.4 Å². The molecule has 0 spiro atoms. The fraction of sp³-hybridized carbons (Fsp3) is 0.176. The molecule has 10 heteroatoms. The minimum Gasteiger partial charge on any atom is -0.323 e. The molecule has 1 aromatic heterocycles. The number of benzene rings is 1. The van der Waals surface area contributed by atoms with Crippen molar-refractivity contribution in [1.82, 2.24) is 9.78 Å². The molecule has 1 aliphatic heterocycles. The minimum absolute atomic E-state index is 0.0354. The van der Waals surface area contributed by atoms with E-state index in [2.05, 4.69) is 17.0 Å². The molecule has 0 aliphatic carbocycles. The second-order valence-corrected chi connectivity index (χ2v) is 7.00. The van der Waals surface area contributed by atoms with Gasteiger partial charge in [0, 0.05) is 6.54 Å². The van der Waals surface area contributed by atoms with Crippen LogP contribution in [0.25, 0.3) is 0 Å². The number of anilines is 2. The van der Waals surface area contributed by atoms with Gasteiger partial charge in [-0.1, -0.05) is 17.7 Å². The van der Waals surface area contributed by atoms with E-state index in [1.165, 1.54) is 35.0 Å². The first kappa shape index (κ1) is 19.1. The highest BCUT2D eigenvalue weighted by Crippen LogP contribution is 2.31. The first-order chi connectivity index (χ1) is 12.9. The molecule has 1 N–H and O–H groups in total. The third-order valence-electron chi connectivity index (χ3n) is 3.72. The molecule has 0 saturated carbocycles. The zero-order valence-electron chi connectivity index (χ0n) is 13.9. The van der Waals surface area contributed by atoms with Crippen molar-refractivity contribution in [2.75, 3.05) is 22.5 Å². The maximum Gasteiger partial charge on any atom is 0.292 e. The summed E-state index contributed by atoms with van der Waals surface area (Å²) in [6.07, 6.45) is 2.97. The Labute approximate surface area is 162 Å². The van der Waals surface area contributed by atoms with Gasteiger partial charge in [-0.25, -0.2) is 9.07 Å². The molecule has 0 bridgehead atoms. The molecule has 140 valence electrons. The Kier molecular flexibility index (Phi) is 5.62. The number of aromatic nitrogens is 2. The second kappa shape index (κ2) is 7.93. The molecule has 0 saturated heterocycles. The highest BCUT2D eigenvalue weighted by atomic mass is 35.5. The summed E-state index contributed by atoms with van der Waals surface area (Å²) in [5.74, 6) is -1.11. The third kappa shape index (κ3) is 4.04. The zero-order chi connectivity index (χ0) is 19.6. The van der Waals surface area contributed by atoms with Crippen LogP contribution in [0.1, 0.15) is 0 Å². The van der Waals surface area contributed by atoms with Crippen molar-refractivity contribution in [3.05, 3.63) is 58.2 Å². The van der Waals surface area contributed by atoms with Gasteiger partial charge in [0.1, 0.15) is 18.0 Å². The third-order valence-corrected chi connectivity index (χ3v) is 5.03. The van der Waals surface area contributed by atoms with Gasteiger partial charge >= 0.3 is 0 Å². The summed E-state index contributed by atoms with van der Waals surface area (Å²) < 4.78 is 14.0. The summed E-state index contributed by atoms with van der Waals surface area (Å²) in [4.78, 5) is 39.0. The van der Waals surface area contributed by atoms with Gasteiger partial charge in [-0.2, -0.15) is 5.10 Å². The average molecular weight is 409 g/mol. The van der Waals surface area contributed by atoms with E-state index in [0.29, 0.717) is 4.90 Å². The number of nitrogens with one attached hydrogen (secondary N) is 1. The molecular weight excluding hydrogens is 395 g/mol. The van der Waals surface area contributed by atoms with Gasteiger partial charge in [0.2, 0.25) is 11.8 Å². The number of thioether (sulfide) groups is 1. The van der Waals surface area contributed by atoms with Crippen molar-refractivity contribution >= 4 is 46.6 Å². The average Bonchev–Trinajstić information content (AvgIpc) is 2.62. The quantitative estimate of drug-likeness (QED) is 0.767. The van der Waals surface area contributed by atoms with Gasteiger partial charge in [-0.05, 0) is 18.2 Å². The lowest BCUT2D eigenvalue weighted by Gasteiger charge is -2.27. The van der Waals surface area contributed by atoms with Crippen LogP contribution in [0.5, 0.6) is 0 Å². The number of fused-ring (bicyclic) bond motifs is 1. The number of halogens is 2. The van der Waals surface area contributed by atoms with Crippen LogP contribution in [0.3, 0.4) is 0 Å². The summed E-state index contributed by atoms with van der Waals surface area (Å²) in [5.41, 5.74) is -0.165. The van der Waals surface area contributed by atoms with E-state index in [1.807, 2.05) is 0 Å². The number of carbonyl (C=O) groups is 2. The van der Waals surface area contributed by atoms with Crippen LogP contribution in [0.4, 0.5) is 15.8 Å². The molecule has 1 aliphatic rings. The fourth-order valence-electron chi connectivity index (χ4n) is 2.51. The summed E-state index contributed by atoms with van der Waals surface area (Å²) >= 11 is 7.10. The maximum atomic E-state index is 13.1. The first-order valence-electron chi connectivity index (χ1n) is 7.79. The number of hydrogen-bond donors (Lipinski definition) is 1. The van der Waals surface area contributed by atoms with Gasteiger partial charge in [0.05, 0.1) is 27.6 Å². The van der Waals surface area contributed by atoms with Crippen LogP contribution in [-0.2, 0) is 16.1 Å². The number of hydrogen-bond acceptors (Lipinski definition) is 5. The van der Waals surface area contributed by atoms with Crippen molar-refractivity contribution in [3.8, 4) is 0 Å². The molecular formula is C17H14ClFN4O3S. The van der Waals surface area contributed by atoms with Crippen molar-refractivity contribution in [2.24, 2.45) is 0 Å². The lowest BCUT2D eigenvalue weighted by Crippen LogP contribution is -2.42. The Hall–Kier alpha value is -2.65. The highest BCUT2D eigenvalue weighted by molar-refractivity contribution is 8.00. The number of nitrogens with zero attached hydrogens (tertiary/aromatic N) is 3. The van der Waals surface area contributed by atoms with E-state index >= 15 is 0 Å². The van der Waals surface area contributed by atoms with Gasteiger partial charge < -0.3 is 10.2 Å². The number of carbonyl (C=O) groups excluding carboxylic acids is 2. The highest BCUT2D eigenvalue weighted by Gasteiger charge is 2.28. The van der Waals surface area contributed by atoms with Gasteiger partial charge in [0.25, 0.3) is 5.56 Å². The van der Waals surface area contributed by atoms with Gasteiger partial charge in [0.15, 0.2) is 0 Å². The minimum atomic E-state index is -0.567. The predicted octanol–water partition coefficient (Wildman–Crippen LogP) is 2.30. The monoisotopic (exact) mass is 408 g/mol. The Morgan fingerprint density at radius 2 is 2.22 bits per heavy atom. The molecule has 0 radical (unpaired) electrons. The smallest absolute Gasteiger partial charge is 0.292 e. The van der Waals surface area contributed by atoms with Crippen LogP contribution < -0.4 is 15.8 Å². The van der Waals surface area contributed by atoms with Crippen molar-refractivity contribution in [2.45, 2.75) is 11.4 Å². The van der Waals surface area contributed by atoms with Crippen LogP contribution in [-0.4, -0.2) is 33.9 Å². The normalized spacial score (nSPS) is 13.3. The van der Waals surface area contributed by atoms with E-state index < -0.39 is 17.3 Å². The zero-order valence-corrected chi connectivity index (χ0v) is 15.5. The molecule has 2 amide bonds.